The number of hydrazone groups is 1. The Kier molecular flexibility index (Phi) is 5.61. The Morgan fingerprint density at radius 1 is 1.15 bits per heavy atom. The minimum atomic E-state index is -0.466. The minimum absolute atomic E-state index is 0.0749. The van der Waals surface area contributed by atoms with E-state index in [0.29, 0.717) is 21.4 Å². The molecule has 0 radical (unpaired) electrons. The number of fused-ring (bicyclic) bond motifs is 1. The molecule has 0 aliphatic rings. The van der Waals surface area contributed by atoms with Gasteiger partial charge < -0.3 is 9.84 Å². The van der Waals surface area contributed by atoms with E-state index in [2.05, 4.69) is 10.5 Å². The summed E-state index contributed by atoms with van der Waals surface area (Å²) in [5, 5.41) is 16.5. The van der Waals surface area contributed by atoms with Crippen LogP contribution in [0.4, 0.5) is 0 Å². The van der Waals surface area contributed by atoms with Crippen LogP contribution in [0.5, 0.6) is 11.5 Å². The van der Waals surface area contributed by atoms with Crippen molar-refractivity contribution >= 4 is 46.1 Å². The van der Waals surface area contributed by atoms with Gasteiger partial charge in [-0.15, -0.1) is 0 Å². The van der Waals surface area contributed by atoms with Gasteiger partial charge in [-0.25, -0.2) is 5.43 Å². The van der Waals surface area contributed by atoms with Crippen molar-refractivity contribution in [2.75, 3.05) is 6.61 Å². The summed E-state index contributed by atoms with van der Waals surface area (Å²) in [4.78, 5) is 11.9. The lowest BCUT2D eigenvalue weighted by molar-refractivity contribution is -0.123. The van der Waals surface area contributed by atoms with Gasteiger partial charge in [-0.3, -0.25) is 4.79 Å². The van der Waals surface area contributed by atoms with Gasteiger partial charge in [0.2, 0.25) is 0 Å². The maximum Gasteiger partial charge on any atom is 0.277 e. The summed E-state index contributed by atoms with van der Waals surface area (Å²) < 4.78 is 5.32. The molecule has 0 saturated carbocycles. The molecule has 7 heteroatoms. The highest BCUT2D eigenvalue weighted by atomic mass is 35.5. The van der Waals surface area contributed by atoms with Gasteiger partial charge >= 0.3 is 0 Å². The second-order valence-electron chi connectivity index (χ2n) is 5.38. The SMILES string of the molecule is O=C(COc1ccc(Cl)cc1Cl)N/N=C\c1c(O)ccc2ccccc12. The molecule has 0 fully saturated rings. The summed E-state index contributed by atoms with van der Waals surface area (Å²) in [6.45, 7) is -0.264. The molecule has 0 spiro atoms. The summed E-state index contributed by atoms with van der Waals surface area (Å²) in [6.07, 6.45) is 1.39. The fourth-order valence-corrected chi connectivity index (χ4v) is 2.82. The van der Waals surface area contributed by atoms with E-state index in [1.165, 1.54) is 12.3 Å². The van der Waals surface area contributed by atoms with Crippen molar-refractivity contribution in [3.8, 4) is 11.5 Å². The lowest BCUT2D eigenvalue weighted by Gasteiger charge is -2.07. The van der Waals surface area contributed by atoms with Crippen molar-refractivity contribution in [3.05, 3.63) is 70.2 Å². The molecule has 0 bridgehead atoms. The monoisotopic (exact) mass is 388 g/mol. The van der Waals surface area contributed by atoms with E-state index in [4.69, 9.17) is 27.9 Å². The number of rotatable bonds is 5. The van der Waals surface area contributed by atoms with Crippen LogP contribution in [-0.2, 0) is 4.79 Å². The highest BCUT2D eigenvalue weighted by Crippen LogP contribution is 2.27. The first kappa shape index (κ1) is 18.0. The average molecular weight is 389 g/mol. The fourth-order valence-electron chi connectivity index (χ4n) is 2.36. The van der Waals surface area contributed by atoms with Gasteiger partial charge in [-0.2, -0.15) is 5.10 Å². The van der Waals surface area contributed by atoms with Gasteiger partial charge in [0, 0.05) is 10.6 Å². The van der Waals surface area contributed by atoms with Gasteiger partial charge in [-0.1, -0.05) is 53.5 Å². The van der Waals surface area contributed by atoms with E-state index in [1.54, 1.807) is 18.2 Å². The summed E-state index contributed by atoms with van der Waals surface area (Å²) in [5.41, 5.74) is 2.87. The molecule has 2 N–H and O–H groups in total. The van der Waals surface area contributed by atoms with Crippen LogP contribution >= 0.6 is 23.2 Å². The van der Waals surface area contributed by atoms with Crippen LogP contribution in [0.25, 0.3) is 10.8 Å². The topological polar surface area (TPSA) is 70.9 Å². The van der Waals surface area contributed by atoms with E-state index in [1.807, 2.05) is 30.3 Å². The number of hydrogen-bond donors (Lipinski definition) is 2. The molecule has 0 heterocycles. The van der Waals surface area contributed by atoms with Crippen LogP contribution < -0.4 is 10.2 Å². The Bertz CT molecular complexity index is 990. The molecular weight excluding hydrogens is 375 g/mol. The normalized spacial score (nSPS) is 11.0. The number of nitrogens with zero attached hydrogens (tertiary/aromatic N) is 1. The molecule has 26 heavy (non-hydrogen) atoms. The molecule has 3 aromatic carbocycles. The first-order chi connectivity index (χ1) is 12.5. The molecule has 0 aromatic heterocycles. The van der Waals surface area contributed by atoms with Crippen LogP contribution in [0.2, 0.25) is 10.0 Å². The zero-order valence-corrected chi connectivity index (χ0v) is 15.0. The van der Waals surface area contributed by atoms with Crippen molar-refractivity contribution in [2.45, 2.75) is 0 Å². The minimum Gasteiger partial charge on any atom is -0.507 e. The van der Waals surface area contributed by atoms with Crippen molar-refractivity contribution < 1.29 is 14.6 Å². The number of halogens is 2. The molecular formula is C19H14Cl2N2O3. The standard InChI is InChI=1S/C19H14Cl2N2O3/c20-13-6-8-18(16(21)9-13)26-11-19(25)23-22-10-15-14-4-2-1-3-12(14)5-7-17(15)24/h1-10,24H,11H2,(H,23,25)/b22-10-. The number of carbonyl (C=O) groups excluding carboxylic acids is 1. The number of amides is 1. The second kappa shape index (κ2) is 8.08. The number of phenolic OH excluding ortho intramolecular Hbond substituents is 1. The van der Waals surface area contributed by atoms with E-state index < -0.39 is 5.91 Å². The van der Waals surface area contributed by atoms with Crippen LogP contribution in [0, 0.1) is 0 Å². The number of aromatic hydroxyl groups is 1. The lowest BCUT2D eigenvalue weighted by Crippen LogP contribution is -2.24. The number of nitrogens with one attached hydrogen (secondary N) is 1. The quantitative estimate of drug-likeness (QED) is 0.503. The summed E-state index contributed by atoms with van der Waals surface area (Å²) in [5.74, 6) is -0.0419. The third-order valence-electron chi connectivity index (χ3n) is 3.58. The predicted octanol–water partition coefficient (Wildman–Crippen LogP) is 4.38. The van der Waals surface area contributed by atoms with Crippen LogP contribution in [0.3, 0.4) is 0 Å². The van der Waals surface area contributed by atoms with Gasteiger partial charge in [0.05, 0.1) is 11.2 Å². The second-order valence-corrected chi connectivity index (χ2v) is 6.22. The first-order valence-corrected chi connectivity index (χ1v) is 8.40. The number of phenols is 1. The third-order valence-corrected chi connectivity index (χ3v) is 4.11. The molecule has 132 valence electrons. The maximum absolute atomic E-state index is 11.9. The zero-order valence-electron chi connectivity index (χ0n) is 13.4. The fraction of sp³-hybridized carbons (Fsp3) is 0.0526. The first-order valence-electron chi connectivity index (χ1n) is 7.65. The van der Waals surface area contributed by atoms with Crippen molar-refractivity contribution in [2.24, 2.45) is 5.10 Å². The van der Waals surface area contributed by atoms with Gasteiger partial charge in [-0.05, 0) is 35.0 Å². The van der Waals surface area contributed by atoms with Gasteiger partial charge in [0.25, 0.3) is 5.91 Å². The highest BCUT2D eigenvalue weighted by molar-refractivity contribution is 6.35. The van der Waals surface area contributed by atoms with Crippen LogP contribution in [0.15, 0.2) is 59.7 Å². The third kappa shape index (κ3) is 4.25. The van der Waals surface area contributed by atoms with E-state index >= 15 is 0 Å². The van der Waals surface area contributed by atoms with Crippen molar-refractivity contribution in [1.29, 1.82) is 0 Å². The molecule has 0 saturated heterocycles. The number of hydrogen-bond acceptors (Lipinski definition) is 4. The Labute approximate surface area is 159 Å². The molecule has 0 unspecified atom stereocenters. The smallest absolute Gasteiger partial charge is 0.277 e. The van der Waals surface area contributed by atoms with Gasteiger partial charge in [0.1, 0.15) is 11.5 Å². The van der Waals surface area contributed by atoms with Crippen molar-refractivity contribution in [1.82, 2.24) is 5.43 Å². The molecule has 3 aromatic rings. The summed E-state index contributed by atoms with van der Waals surface area (Å²) >= 11 is 11.8. The van der Waals surface area contributed by atoms with Crippen molar-refractivity contribution in [3.63, 3.8) is 0 Å². The predicted molar refractivity (Wildman–Crippen MR) is 103 cm³/mol. The van der Waals surface area contributed by atoms with Gasteiger partial charge in [0.15, 0.2) is 6.61 Å². The number of ether oxygens (including phenoxy) is 1. The molecule has 0 atom stereocenters. The molecule has 5 nitrogen and oxygen atoms in total. The molecule has 1 amide bonds. The largest absolute Gasteiger partial charge is 0.507 e. The molecule has 0 aliphatic carbocycles. The lowest BCUT2D eigenvalue weighted by atomic mass is 10.0. The Balaban J connectivity index is 1.64. The van der Waals surface area contributed by atoms with E-state index in [-0.39, 0.29) is 12.4 Å². The molecule has 0 aliphatic heterocycles. The summed E-state index contributed by atoms with van der Waals surface area (Å²) in [7, 11) is 0. The average Bonchev–Trinajstić information content (AvgIpc) is 2.63. The van der Waals surface area contributed by atoms with E-state index in [9.17, 15) is 9.90 Å². The Morgan fingerprint density at radius 3 is 2.77 bits per heavy atom. The summed E-state index contributed by atoms with van der Waals surface area (Å²) in [6, 6.07) is 15.7. The Hall–Kier alpha value is -2.76. The van der Waals surface area contributed by atoms with Crippen LogP contribution in [0.1, 0.15) is 5.56 Å². The number of benzene rings is 3. The zero-order chi connectivity index (χ0) is 18.5. The maximum atomic E-state index is 11.9. The highest BCUT2D eigenvalue weighted by Gasteiger charge is 2.07. The Morgan fingerprint density at radius 2 is 1.96 bits per heavy atom. The molecule has 3 rings (SSSR count). The van der Waals surface area contributed by atoms with E-state index in [0.717, 1.165) is 10.8 Å². The number of carbonyl (C=O) groups is 1. The van der Waals surface area contributed by atoms with Crippen LogP contribution in [-0.4, -0.2) is 23.8 Å².